The molecule has 0 amide bonds. The maximum absolute atomic E-state index is 2.56. The Bertz CT molecular complexity index is 2220. The van der Waals surface area contributed by atoms with Crippen LogP contribution in [0.2, 0.25) is 0 Å². The summed E-state index contributed by atoms with van der Waals surface area (Å²) < 4.78 is 0. The van der Waals surface area contributed by atoms with Crippen molar-refractivity contribution < 1.29 is 0 Å². The fraction of sp³-hybridized carbons (Fsp3) is 0.245. The first-order valence-electron chi connectivity index (χ1n) is 19.3. The molecule has 53 heavy (non-hydrogen) atoms. The average Bonchev–Trinajstić information content (AvgIpc) is 3.78. The molecule has 0 heteroatoms. The van der Waals surface area contributed by atoms with Crippen molar-refractivity contribution in [3.63, 3.8) is 0 Å². The first-order chi connectivity index (χ1) is 25.3. The summed E-state index contributed by atoms with van der Waals surface area (Å²) in [6.45, 7) is 18.2. The summed E-state index contributed by atoms with van der Waals surface area (Å²) in [4.78, 5) is 0. The van der Waals surface area contributed by atoms with E-state index in [1.165, 1.54) is 89.0 Å². The molecular weight excluding hydrogens is 637 g/mol. The SMILES string of the molecule is Cc1ccc(C(C2=Cc3c(cccc3-c3cccc(C(C)(C)C)c3)C2)(C2=Cc3c(cccc3-c3cccc(C(C)(C)C)c3)C2)c2ccc(C)cc2)cc1. The van der Waals surface area contributed by atoms with Gasteiger partial charge in [-0.3, -0.25) is 0 Å². The Hall–Kier alpha value is -5.20. The van der Waals surface area contributed by atoms with Gasteiger partial charge < -0.3 is 0 Å². The lowest BCUT2D eigenvalue weighted by Crippen LogP contribution is -2.33. The zero-order valence-electron chi connectivity index (χ0n) is 32.8. The lowest BCUT2D eigenvalue weighted by Gasteiger charge is -2.39. The Kier molecular flexibility index (Phi) is 8.57. The van der Waals surface area contributed by atoms with Crippen LogP contribution >= 0.6 is 0 Å². The molecule has 0 nitrogen and oxygen atoms in total. The third-order valence-corrected chi connectivity index (χ3v) is 11.8. The Balaban J connectivity index is 1.37. The molecule has 0 N–H and O–H groups in total. The molecule has 0 fully saturated rings. The molecule has 0 saturated carbocycles. The van der Waals surface area contributed by atoms with Crippen molar-refractivity contribution in [2.24, 2.45) is 0 Å². The fourth-order valence-electron chi connectivity index (χ4n) is 8.75. The van der Waals surface area contributed by atoms with Crippen molar-refractivity contribution >= 4 is 12.2 Å². The van der Waals surface area contributed by atoms with Gasteiger partial charge in [-0.25, -0.2) is 0 Å². The van der Waals surface area contributed by atoms with Gasteiger partial charge in [0.1, 0.15) is 0 Å². The van der Waals surface area contributed by atoms with Gasteiger partial charge in [0, 0.05) is 0 Å². The fourth-order valence-corrected chi connectivity index (χ4v) is 8.75. The van der Waals surface area contributed by atoms with E-state index in [-0.39, 0.29) is 10.8 Å². The highest BCUT2D eigenvalue weighted by Gasteiger charge is 2.45. The van der Waals surface area contributed by atoms with E-state index >= 15 is 0 Å². The molecule has 0 bridgehead atoms. The largest absolute Gasteiger partial charge is 0.0634 e. The molecule has 0 heterocycles. The van der Waals surface area contributed by atoms with Crippen LogP contribution in [-0.4, -0.2) is 0 Å². The number of hydrogen-bond donors (Lipinski definition) is 0. The standard InChI is InChI=1S/C53H52/c1-35-21-25-41(26-22-35)53(42-27-23-36(2)24-28-42,45-31-39-15-11-19-47(49(39)33-45)37-13-9-17-43(29-37)51(3,4)5)46-32-40-16-12-20-48(50(40)34-46)38-14-10-18-44(30-38)52(6,7)8/h9-30,33-34H,31-32H2,1-8H3. The smallest absolute Gasteiger partial charge is 0.0614 e. The van der Waals surface area contributed by atoms with Crippen molar-refractivity contribution in [1.29, 1.82) is 0 Å². The number of rotatable bonds is 6. The highest BCUT2D eigenvalue weighted by Crippen LogP contribution is 2.54. The predicted molar refractivity (Wildman–Crippen MR) is 228 cm³/mol. The van der Waals surface area contributed by atoms with E-state index in [0.717, 1.165) is 12.8 Å². The molecule has 6 aromatic rings. The highest BCUT2D eigenvalue weighted by molar-refractivity contribution is 5.87. The van der Waals surface area contributed by atoms with Crippen LogP contribution in [0.3, 0.4) is 0 Å². The van der Waals surface area contributed by atoms with Crippen LogP contribution in [0.25, 0.3) is 34.4 Å². The molecule has 8 rings (SSSR count). The van der Waals surface area contributed by atoms with Gasteiger partial charge in [-0.2, -0.15) is 0 Å². The predicted octanol–water partition coefficient (Wildman–Crippen LogP) is 13.8. The molecule has 0 aliphatic heterocycles. The first-order valence-corrected chi connectivity index (χ1v) is 19.3. The number of benzene rings is 6. The van der Waals surface area contributed by atoms with Crippen molar-refractivity contribution in [1.82, 2.24) is 0 Å². The Morgan fingerprint density at radius 2 is 0.774 bits per heavy atom. The summed E-state index contributed by atoms with van der Waals surface area (Å²) in [7, 11) is 0. The topological polar surface area (TPSA) is 0 Å². The van der Waals surface area contributed by atoms with E-state index in [4.69, 9.17) is 0 Å². The number of aryl methyl sites for hydroxylation is 2. The highest BCUT2D eigenvalue weighted by atomic mass is 14.5. The van der Waals surface area contributed by atoms with Crippen LogP contribution in [0.4, 0.5) is 0 Å². The maximum atomic E-state index is 2.56. The second-order valence-corrected chi connectivity index (χ2v) is 17.6. The van der Waals surface area contributed by atoms with Gasteiger partial charge in [-0.15, -0.1) is 0 Å². The molecule has 264 valence electrons. The van der Waals surface area contributed by atoms with Crippen LogP contribution in [0, 0.1) is 13.8 Å². The molecule has 0 aromatic heterocycles. The van der Waals surface area contributed by atoms with Crippen LogP contribution < -0.4 is 0 Å². The van der Waals surface area contributed by atoms with E-state index in [1.807, 2.05) is 0 Å². The molecule has 0 spiro atoms. The van der Waals surface area contributed by atoms with Crippen LogP contribution in [0.5, 0.6) is 0 Å². The van der Waals surface area contributed by atoms with E-state index < -0.39 is 5.41 Å². The van der Waals surface area contributed by atoms with Crippen LogP contribution in [0.15, 0.2) is 145 Å². The molecule has 0 unspecified atom stereocenters. The van der Waals surface area contributed by atoms with E-state index in [9.17, 15) is 0 Å². The van der Waals surface area contributed by atoms with Gasteiger partial charge in [0.2, 0.25) is 0 Å². The summed E-state index contributed by atoms with van der Waals surface area (Å²) in [5.41, 5.74) is 21.3. The lowest BCUT2D eigenvalue weighted by atomic mass is 9.63. The van der Waals surface area contributed by atoms with Gasteiger partial charge in [-0.05, 0) is 115 Å². The van der Waals surface area contributed by atoms with Crippen molar-refractivity contribution in [2.45, 2.75) is 84.5 Å². The first kappa shape index (κ1) is 34.9. The molecular formula is C53H52. The monoisotopic (exact) mass is 688 g/mol. The second kappa shape index (κ2) is 13.0. The number of allylic oxidation sites excluding steroid dienone is 2. The van der Waals surface area contributed by atoms with Gasteiger partial charge >= 0.3 is 0 Å². The Morgan fingerprint density at radius 1 is 0.396 bits per heavy atom. The second-order valence-electron chi connectivity index (χ2n) is 17.6. The van der Waals surface area contributed by atoms with Crippen LogP contribution in [-0.2, 0) is 29.1 Å². The summed E-state index contributed by atoms with van der Waals surface area (Å²) in [5.74, 6) is 0. The summed E-state index contributed by atoms with van der Waals surface area (Å²) in [6.07, 6.45) is 6.92. The summed E-state index contributed by atoms with van der Waals surface area (Å²) >= 11 is 0. The van der Waals surface area contributed by atoms with E-state index in [1.54, 1.807) is 0 Å². The number of hydrogen-bond acceptors (Lipinski definition) is 0. The zero-order chi connectivity index (χ0) is 37.1. The molecule has 0 radical (unpaired) electrons. The molecule has 2 aliphatic rings. The minimum absolute atomic E-state index is 0.0812. The van der Waals surface area contributed by atoms with E-state index in [2.05, 4.69) is 201 Å². The number of fused-ring (bicyclic) bond motifs is 2. The zero-order valence-corrected chi connectivity index (χ0v) is 32.8. The van der Waals surface area contributed by atoms with Crippen molar-refractivity contribution in [3.8, 4) is 22.3 Å². The third-order valence-electron chi connectivity index (χ3n) is 11.8. The summed E-state index contributed by atoms with van der Waals surface area (Å²) in [6, 6.07) is 51.0. The Morgan fingerprint density at radius 3 is 1.15 bits per heavy atom. The maximum Gasteiger partial charge on any atom is 0.0634 e. The van der Waals surface area contributed by atoms with Crippen molar-refractivity contribution in [3.05, 3.63) is 200 Å². The molecule has 0 saturated heterocycles. The minimum atomic E-state index is -0.450. The van der Waals surface area contributed by atoms with Gasteiger partial charge in [-0.1, -0.05) is 198 Å². The van der Waals surface area contributed by atoms with Gasteiger partial charge in [0.15, 0.2) is 0 Å². The average molecular weight is 689 g/mol. The van der Waals surface area contributed by atoms with E-state index in [0.29, 0.717) is 0 Å². The summed E-state index contributed by atoms with van der Waals surface area (Å²) in [5, 5.41) is 0. The minimum Gasteiger partial charge on any atom is -0.0614 e. The van der Waals surface area contributed by atoms with Crippen molar-refractivity contribution in [2.75, 3.05) is 0 Å². The van der Waals surface area contributed by atoms with Gasteiger partial charge in [0.25, 0.3) is 0 Å². The van der Waals surface area contributed by atoms with Gasteiger partial charge in [0.05, 0.1) is 5.41 Å². The molecule has 2 aliphatic carbocycles. The normalized spacial score (nSPS) is 14.1. The quantitative estimate of drug-likeness (QED) is 0.163. The molecule has 6 aromatic carbocycles. The third kappa shape index (κ3) is 6.23. The lowest BCUT2D eigenvalue weighted by molar-refractivity contribution is 0.590. The van der Waals surface area contributed by atoms with Crippen LogP contribution in [0.1, 0.15) is 97.2 Å². The molecule has 0 atom stereocenters. The Labute approximate surface area is 318 Å².